The van der Waals surface area contributed by atoms with E-state index >= 15 is 0 Å². The summed E-state index contributed by atoms with van der Waals surface area (Å²) >= 11 is 0. The lowest BCUT2D eigenvalue weighted by Crippen LogP contribution is -2.38. The second-order valence-corrected chi connectivity index (χ2v) is 7.49. The van der Waals surface area contributed by atoms with Gasteiger partial charge in [-0.25, -0.2) is 8.78 Å². The number of aryl methyl sites for hydroxylation is 1. The number of hydrogen-bond donors (Lipinski definition) is 2. The highest BCUT2D eigenvalue weighted by atomic mass is 35.5. The Morgan fingerprint density at radius 3 is 2.00 bits per heavy atom. The Morgan fingerprint density at radius 1 is 0.867 bits per heavy atom. The molecule has 1 aliphatic rings. The number of rotatable bonds is 9. The van der Waals surface area contributed by atoms with Crippen molar-refractivity contribution >= 4 is 24.1 Å². The third-order valence-electron chi connectivity index (χ3n) is 5.39. The molecule has 0 saturated carbocycles. The molecule has 162 valence electrons. The van der Waals surface area contributed by atoms with E-state index in [9.17, 15) is 18.4 Å². The van der Waals surface area contributed by atoms with Crippen LogP contribution in [-0.4, -0.2) is 31.3 Å². The third-order valence-corrected chi connectivity index (χ3v) is 5.39. The monoisotopic (exact) mass is 436 g/mol. The molecule has 7 heteroatoms. The Morgan fingerprint density at radius 2 is 1.40 bits per heavy atom. The van der Waals surface area contributed by atoms with Gasteiger partial charge in [-0.05, 0) is 54.7 Å². The highest BCUT2D eigenvalue weighted by molar-refractivity contribution is 5.89. The zero-order chi connectivity index (χ0) is 20.6. The van der Waals surface area contributed by atoms with Crippen LogP contribution in [0.4, 0.5) is 8.78 Å². The van der Waals surface area contributed by atoms with Crippen molar-refractivity contribution in [2.75, 3.05) is 19.6 Å². The maximum absolute atomic E-state index is 12.9. The van der Waals surface area contributed by atoms with Crippen LogP contribution in [0.5, 0.6) is 0 Å². The molecule has 0 bridgehead atoms. The molecule has 4 nitrogen and oxygen atoms in total. The van der Waals surface area contributed by atoms with Gasteiger partial charge < -0.3 is 10.6 Å². The Hall–Kier alpha value is -2.31. The molecule has 1 fully saturated rings. The van der Waals surface area contributed by atoms with Crippen LogP contribution in [0.25, 0.3) is 0 Å². The molecule has 2 aromatic carbocycles. The minimum absolute atomic E-state index is 0. The fourth-order valence-electron chi connectivity index (χ4n) is 3.71. The summed E-state index contributed by atoms with van der Waals surface area (Å²) in [4.78, 5) is 25.1. The minimum Gasteiger partial charge on any atom is -0.355 e. The van der Waals surface area contributed by atoms with Gasteiger partial charge in [-0.1, -0.05) is 24.3 Å². The van der Waals surface area contributed by atoms with Gasteiger partial charge in [0.2, 0.25) is 5.91 Å². The Labute approximate surface area is 181 Å². The molecule has 0 unspecified atom stereocenters. The average Bonchev–Trinajstić information content (AvgIpc) is 3.21. The molecule has 1 amide bonds. The van der Waals surface area contributed by atoms with Crippen LogP contribution in [0.15, 0.2) is 48.5 Å². The molecule has 1 saturated heterocycles. The molecular weight excluding hydrogens is 410 g/mol. The van der Waals surface area contributed by atoms with E-state index in [1.807, 2.05) is 0 Å². The predicted molar refractivity (Wildman–Crippen MR) is 115 cm³/mol. The molecule has 1 aliphatic heterocycles. The molecule has 2 atom stereocenters. The molecular formula is C23H27ClF2N2O2. The van der Waals surface area contributed by atoms with E-state index in [-0.39, 0.29) is 47.6 Å². The summed E-state index contributed by atoms with van der Waals surface area (Å²) in [5, 5.41) is 6.05. The Balaban J connectivity index is 0.00000320. The maximum atomic E-state index is 12.9. The molecule has 30 heavy (non-hydrogen) atoms. The number of amides is 1. The summed E-state index contributed by atoms with van der Waals surface area (Å²) in [5.74, 6) is -1.24. The summed E-state index contributed by atoms with van der Waals surface area (Å²) in [7, 11) is 0. The number of ketones is 1. The summed E-state index contributed by atoms with van der Waals surface area (Å²) in [6, 6.07) is 12.5. The van der Waals surface area contributed by atoms with E-state index in [0.29, 0.717) is 45.3 Å². The van der Waals surface area contributed by atoms with Crippen molar-refractivity contribution in [1.29, 1.82) is 0 Å². The normalized spacial score (nSPS) is 17.9. The van der Waals surface area contributed by atoms with Gasteiger partial charge in [0.25, 0.3) is 0 Å². The highest BCUT2D eigenvalue weighted by Crippen LogP contribution is 2.21. The first kappa shape index (κ1) is 24.0. The highest BCUT2D eigenvalue weighted by Gasteiger charge is 2.36. The van der Waals surface area contributed by atoms with Crippen molar-refractivity contribution in [2.24, 2.45) is 11.8 Å². The van der Waals surface area contributed by atoms with Gasteiger partial charge in [0.05, 0.1) is 5.92 Å². The van der Waals surface area contributed by atoms with Gasteiger partial charge in [0.1, 0.15) is 17.4 Å². The van der Waals surface area contributed by atoms with Gasteiger partial charge in [-0.3, -0.25) is 9.59 Å². The largest absolute Gasteiger partial charge is 0.355 e. The summed E-state index contributed by atoms with van der Waals surface area (Å²) < 4.78 is 25.9. The zero-order valence-corrected chi connectivity index (χ0v) is 17.5. The van der Waals surface area contributed by atoms with Crippen molar-refractivity contribution in [2.45, 2.75) is 25.7 Å². The zero-order valence-electron chi connectivity index (χ0n) is 16.7. The average molecular weight is 437 g/mol. The van der Waals surface area contributed by atoms with Crippen molar-refractivity contribution in [3.63, 3.8) is 0 Å². The van der Waals surface area contributed by atoms with E-state index < -0.39 is 0 Å². The van der Waals surface area contributed by atoms with Crippen LogP contribution in [0, 0.1) is 23.5 Å². The quantitative estimate of drug-likeness (QED) is 0.632. The van der Waals surface area contributed by atoms with Crippen molar-refractivity contribution in [3.05, 3.63) is 71.3 Å². The topological polar surface area (TPSA) is 58.2 Å². The Kier molecular flexibility index (Phi) is 9.40. The molecule has 3 rings (SSSR count). The molecule has 1 heterocycles. The first-order chi connectivity index (χ1) is 14.0. The number of nitrogens with one attached hydrogen (secondary N) is 2. The van der Waals surface area contributed by atoms with Crippen LogP contribution >= 0.6 is 12.4 Å². The number of carbonyl (C=O) groups is 2. The van der Waals surface area contributed by atoms with Crippen LogP contribution in [-0.2, 0) is 22.4 Å². The minimum atomic E-state index is -0.360. The Bertz CT molecular complexity index is 759. The number of halogens is 3. The van der Waals surface area contributed by atoms with Gasteiger partial charge in [0.15, 0.2) is 0 Å². The van der Waals surface area contributed by atoms with E-state index in [4.69, 9.17) is 0 Å². The van der Waals surface area contributed by atoms with Crippen LogP contribution in [0.3, 0.4) is 0 Å². The van der Waals surface area contributed by atoms with Crippen molar-refractivity contribution in [3.8, 4) is 0 Å². The molecule has 0 aliphatic carbocycles. The first-order valence-corrected chi connectivity index (χ1v) is 10.0. The van der Waals surface area contributed by atoms with Crippen molar-refractivity contribution in [1.82, 2.24) is 10.6 Å². The number of Topliss-reactive ketones (excluding diaryl/α,β-unsaturated/α-hetero) is 1. The lowest BCUT2D eigenvalue weighted by Gasteiger charge is -2.17. The predicted octanol–water partition coefficient (Wildman–Crippen LogP) is 3.47. The molecule has 0 aromatic heterocycles. The molecule has 0 spiro atoms. The number of hydrogen-bond acceptors (Lipinski definition) is 3. The third kappa shape index (κ3) is 6.89. The summed E-state index contributed by atoms with van der Waals surface area (Å²) in [5.41, 5.74) is 1.95. The second-order valence-electron chi connectivity index (χ2n) is 7.49. The summed E-state index contributed by atoms with van der Waals surface area (Å²) in [6.07, 6.45) is 2.41. The van der Waals surface area contributed by atoms with E-state index in [1.165, 1.54) is 24.3 Å². The van der Waals surface area contributed by atoms with Crippen molar-refractivity contribution < 1.29 is 18.4 Å². The van der Waals surface area contributed by atoms with E-state index in [1.54, 1.807) is 24.3 Å². The van der Waals surface area contributed by atoms with Crippen LogP contribution in [0.2, 0.25) is 0 Å². The lowest BCUT2D eigenvalue weighted by molar-refractivity contribution is -0.131. The number of carbonyl (C=O) groups excluding carboxylic acids is 2. The van der Waals surface area contributed by atoms with Gasteiger partial charge in [-0.15, -0.1) is 12.4 Å². The lowest BCUT2D eigenvalue weighted by atomic mass is 9.88. The van der Waals surface area contributed by atoms with Crippen LogP contribution < -0.4 is 10.6 Å². The van der Waals surface area contributed by atoms with Gasteiger partial charge >= 0.3 is 0 Å². The molecule has 0 radical (unpaired) electrons. The molecule has 2 aromatic rings. The standard InChI is InChI=1S/C23H26F2N2O2.ClH/c24-18-8-4-16(5-9-18)2-1-3-22(28)20-14-26-15-21(20)23(29)27-13-12-17-6-10-19(25)11-7-17;/h4-11,20-21,26H,1-3,12-15H2,(H,27,29);1H/t20-,21-;/m1./s1. The summed E-state index contributed by atoms with van der Waals surface area (Å²) in [6.45, 7) is 1.47. The fraction of sp³-hybridized carbons (Fsp3) is 0.391. The fourth-order valence-corrected chi connectivity index (χ4v) is 3.71. The van der Waals surface area contributed by atoms with Gasteiger partial charge in [0, 0.05) is 32.0 Å². The number of benzene rings is 2. The second kappa shape index (κ2) is 11.8. The smallest absolute Gasteiger partial charge is 0.225 e. The first-order valence-electron chi connectivity index (χ1n) is 10.0. The van der Waals surface area contributed by atoms with E-state index in [2.05, 4.69) is 10.6 Å². The van der Waals surface area contributed by atoms with Crippen LogP contribution in [0.1, 0.15) is 24.0 Å². The molecule has 2 N–H and O–H groups in total. The maximum Gasteiger partial charge on any atom is 0.225 e. The van der Waals surface area contributed by atoms with Gasteiger partial charge in [-0.2, -0.15) is 0 Å². The SMILES string of the molecule is Cl.O=C(CCCc1ccc(F)cc1)[C@@H]1CNC[C@H]1C(=O)NCCc1ccc(F)cc1. The van der Waals surface area contributed by atoms with E-state index in [0.717, 1.165) is 11.1 Å².